The summed E-state index contributed by atoms with van der Waals surface area (Å²) in [7, 11) is -3.75. The molecular weight excluding hydrogens is 401 g/mol. The lowest BCUT2D eigenvalue weighted by molar-refractivity contribution is -0.153. The van der Waals surface area contributed by atoms with Gasteiger partial charge >= 0.3 is 6.18 Å². The minimum absolute atomic E-state index is 0.0242. The molecule has 0 amide bonds. The Morgan fingerprint density at radius 3 is 2.50 bits per heavy atom. The summed E-state index contributed by atoms with van der Waals surface area (Å²) < 4.78 is 70.6. The summed E-state index contributed by atoms with van der Waals surface area (Å²) in [4.78, 5) is 17.6. The normalized spacial score (nSPS) is 25.2. The van der Waals surface area contributed by atoms with Crippen LogP contribution in [0.2, 0.25) is 0 Å². The van der Waals surface area contributed by atoms with Gasteiger partial charge in [0.1, 0.15) is 11.9 Å². The summed E-state index contributed by atoms with van der Waals surface area (Å²) in [5.74, 6) is 0.0247. The lowest BCUT2D eigenvalue weighted by Gasteiger charge is -2.42. The number of piperazine rings is 1. The maximum Gasteiger partial charge on any atom is 0.410 e. The molecular formula is C16H23F3N4O4S. The summed E-state index contributed by atoms with van der Waals surface area (Å²) in [6.45, 7) is 2.35. The highest BCUT2D eigenvalue weighted by Gasteiger charge is 2.48. The largest absolute Gasteiger partial charge is 0.410 e. The molecule has 3 heterocycles. The van der Waals surface area contributed by atoms with Gasteiger partial charge in [0.05, 0.1) is 19.5 Å². The van der Waals surface area contributed by atoms with Crippen LogP contribution in [-0.4, -0.2) is 81.6 Å². The molecule has 158 valence electrons. The second kappa shape index (κ2) is 7.56. The number of morpholine rings is 1. The number of nitrogens with zero attached hydrogens (tertiary/aromatic N) is 3. The van der Waals surface area contributed by atoms with Gasteiger partial charge < -0.3 is 19.5 Å². The van der Waals surface area contributed by atoms with Gasteiger partial charge in [-0.1, -0.05) is 0 Å². The first kappa shape index (κ1) is 20.9. The van der Waals surface area contributed by atoms with E-state index >= 15 is 0 Å². The Morgan fingerprint density at radius 2 is 1.89 bits per heavy atom. The number of rotatable bonds is 3. The average Bonchev–Trinajstić information content (AvgIpc) is 2.59. The van der Waals surface area contributed by atoms with Gasteiger partial charge in [0.15, 0.2) is 0 Å². The first-order valence-corrected chi connectivity index (χ1v) is 10.7. The third kappa shape index (κ3) is 4.44. The van der Waals surface area contributed by atoms with Gasteiger partial charge in [-0.15, -0.1) is 0 Å². The van der Waals surface area contributed by atoms with Crippen LogP contribution in [-0.2, 0) is 14.8 Å². The SMILES string of the molecule is CC1COCCN1c1cc(N2CCN(S(C)(=O)=O)CC2C(F)(F)F)[nH]c(=O)c1. The monoisotopic (exact) mass is 424 g/mol. The van der Waals surface area contributed by atoms with Crippen LogP contribution in [0.25, 0.3) is 0 Å². The van der Waals surface area contributed by atoms with Crippen molar-refractivity contribution in [3.05, 3.63) is 22.5 Å². The molecule has 0 aromatic carbocycles. The van der Waals surface area contributed by atoms with Gasteiger partial charge in [-0.25, -0.2) is 8.42 Å². The second-order valence-electron chi connectivity index (χ2n) is 7.08. The third-order valence-corrected chi connectivity index (χ3v) is 6.28. The van der Waals surface area contributed by atoms with Crippen molar-refractivity contribution >= 4 is 21.5 Å². The number of H-pyrrole nitrogens is 1. The van der Waals surface area contributed by atoms with Crippen LogP contribution in [0.15, 0.2) is 16.9 Å². The lowest BCUT2D eigenvalue weighted by atomic mass is 10.1. The van der Waals surface area contributed by atoms with E-state index < -0.39 is 34.3 Å². The van der Waals surface area contributed by atoms with E-state index in [2.05, 4.69) is 4.98 Å². The smallest absolute Gasteiger partial charge is 0.377 e. The van der Waals surface area contributed by atoms with E-state index in [0.717, 1.165) is 15.5 Å². The number of nitrogens with one attached hydrogen (secondary N) is 1. The average molecular weight is 424 g/mol. The molecule has 2 aliphatic heterocycles. The van der Waals surface area contributed by atoms with E-state index in [1.54, 1.807) is 0 Å². The van der Waals surface area contributed by atoms with Gasteiger partial charge in [0.25, 0.3) is 5.56 Å². The molecule has 8 nitrogen and oxygen atoms in total. The predicted molar refractivity (Wildman–Crippen MR) is 98.3 cm³/mol. The Bertz CT molecular complexity index is 873. The zero-order valence-corrected chi connectivity index (χ0v) is 16.4. The Labute approximate surface area is 160 Å². The summed E-state index contributed by atoms with van der Waals surface area (Å²) >= 11 is 0. The Kier molecular flexibility index (Phi) is 5.65. The van der Waals surface area contributed by atoms with Crippen molar-refractivity contribution in [1.82, 2.24) is 9.29 Å². The van der Waals surface area contributed by atoms with Gasteiger partial charge in [0, 0.05) is 50.0 Å². The van der Waals surface area contributed by atoms with Crippen molar-refractivity contribution < 1.29 is 26.3 Å². The topological polar surface area (TPSA) is 85.9 Å². The zero-order chi connectivity index (χ0) is 20.7. The van der Waals surface area contributed by atoms with Crippen molar-refractivity contribution in [1.29, 1.82) is 0 Å². The lowest BCUT2D eigenvalue weighted by Crippen LogP contribution is -2.60. The first-order valence-electron chi connectivity index (χ1n) is 8.84. The molecule has 0 bridgehead atoms. The van der Waals surface area contributed by atoms with Crippen LogP contribution in [0.5, 0.6) is 0 Å². The van der Waals surface area contributed by atoms with E-state index in [-0.39, 0.29) is 24.9 Å². The minimum atomic E-state index is -4.66. The molecule has 12 heteroatoms. The number of sulfonamides is 1. The van der Waals surface area contributed by atoms with Crippen LogP contribution in [0.4, 0.5) is 24.7 Å². The van der Waals surface area contributed by atoms with E-state index in [1.165, 1.54) is 12.1 Å². The first-order chi connectivity index (χ1) is 13.0. The summed E-state index contributed by atoms with van der Waals surface area (Å²) in [5.41, 5.74) is -0.00123. The maximum absolute atomic E-state index is 13.7. The number of alkyl halides is 3. The molecule has 2 unspecified atom stereocenters. The van der Waals surface area contributed by atoms with Gasteiger partial charge in [-0.05, 0) is 6.92 Å². The van der Waals surface area contributed by atoms with Gasteiger partial charge in [0.2, 0.25) is 10.0 Å². The molecule has 2 fully saturated rings. The Hall–Kier alpha value is -1.79. The predicted octanol–water partition coefficient (Wildman–Crippen LogP) is 0.612. The Balaban J connectivity index is 1.96. The van der Waals surface area contributed by atoms with Crippen molar-refractivity contribution in [3.8, 4) is 0 Å². The van der Waals surface area contributed by atoms with Crippen molar-refractivity contribution in [2.24, 2.45) is 0 Å². The highest BCUT2D eigenvalue weighted by atomic mass is 32.2. The molecule has 28 heavy (non-hydrogen) atoms. The number of aromatic amines is 1. The van der Waals surface area contributed by atoms with Crippen LogP contribution in [0.3, 0.4) is 0 Å². The minimum Gasteiger partial charge on any atom is -0.377 e. The van der Waals surface area contributed by atoms with E-state index in [9.17, 15) is 26.4 Å². The quantitative estimate of drug-likeness (QED) is 0.766. The number of anilines is 2. The molecule has 2 aliphatic rings. The van der Waals surface area contributed by atoms with Crippen molar-refractivity contribution in [3.63, 3.8) is 0 Å². The molecule has 0 spiro atoms. The van der Waals surface area contributed by atoms with Crippen molar-refractivity contribution in [2.45, 2.75) is 25.2 Å². The zero-order valence-electron chi connectivity index (χ0n) is 15.6. The fourth-order valence-electron chi connectivity index (χ4n) is 3.57. The molecule has 0 saturated carbocycles. The fourth-order valence-corrected chi connectivity index (χ4v) is 4.40. The molecule has 2 saturated heterocycles. The highest BCUT2D eigenvalue weighted by Crippen LogP contribution is 2.32. The summed E-state index contributed by atoms with van der Waals surface area (Å²) in [6, 6.07) is 0.784. The van der Waals surface area contributed by atoms with Gasteiger partial charge in [-0.2, -0.15) is 17.5 Å². The summed E-state index contributed by atoms with van der Waals surface area (Å²) in [5, 5.41) is 0. The highest BCUT2D eigenvalue weighted by molar-refractivity contribution is 7.88. The number of aromatic nitrogens is 1. The molecule has 1 aromatic heterocycles. The third-order valence-electron chi connectivity index (χ3n) is 5.01. The number of pyridine rings is 1. The van der Waals surface area contributed by atoms with E-state index in [0.29, 0.717) is 25.4 Å². The molecule has 2 atom stereocenters. The molecule has 1 N–H and O–H groups in total. The summed E-state index contributed by atoms with van der Waals surface area (Å²) in [6.07, 6.45) is -3.78. The number of hydrogen-bond donors (Lipinski definition) is 1. The molecule has 0 aliphatic carbocycles. The Morgan fingerprint density at radius 1 is 1.18 bits per heavy atom. The van der Waals surface area contributed by atoms with E-state index in [1.807, 2.05) is 11.8 Å². The standard InChI is InChI=1S/C16H23F3N4O4S/c1-11-10-27-6-5-22(11)12-7-14(20-15(24)8-12)23-4-3-21(28(2,25)26)9-13(23)16(17,18)19/h7-8,11,13H,3-6,9-10H2,1-2H3,(H,20,24). The van der Waals surface area contributed by atoms with Crippen molar-refractivity contribution in [2.75, 3.05) is 55.4 Å². The number of hydrogen-bond acceptors (Lipinski definition) is 6. The molecule has 1 aromatic rings. The van der Waals surface area contributed by atoms with Crippen LogP contribution in [0, 0.1) is 0 Å². The maximum atomic E-state index is 13.7. The van der Waals surface area contributed by atoms with Crippen LogP contribution >= 0.6 is 0 Å². The second-order valence-corrected chi connectivity index (χ2v) is 9.06. The number of ether oxygens (including phenoxy) is 1. The number of halogens is 3. The van der Waals surface area contributed by atoms with E-state index in [4.69, 9.17) is 4.74 Å². The van der Waals surface area contributed by atoms with Gasteiger partial charge in [-0.3, -0.25) is 4.79 Å². The van der Waals surface area contributed by atoms with Crippen LogP contribution in [0.1, 0.15) is 6.92 Å². The van der Waals surface area contributed by atoms with Crippen LogP contribution < -0.4 is 15.4 Å². The molecule has 0 radical (unpaired) electrons. The molecule has 3 rings (SSSR count). The fraction of sp³-hybridized carbons (Fsp3) is 0.688.